The number of sulfonamides is 1. The van der Waals surface area contributed by atoms with Gasteiger partial charge in [0.15, 0.2) is 0 Å². The van der Waals surface area contributed by atoms with E-state index in [0.717, 1.165) is 17.8 Å². The molecule has 116 valence electrons. The Kier molecular flexibility index (Phi) is 3.72. The van der Waals surface area contributed by atoms with Crippen molar-refractivity contribution in [3.63, 3.8) is 0 Å². The molecule has 21 heavy (non-hydrogen) atoms. The number of carbonyl (C=O) groups is 1. The molecule has 9 heteroatoms. The van der Waals surface area contributed by atoms with Gasteiger partial charge in [-0.05, 0) is 12.8 Å². The zero-order valence-electron chi connectivity index (χ0n) is 11.6. The lowest BCUT2D eigenvalue weighted by Crippen LogP contribution is -2.49. The van der Waals surface area contributed by atoms with Gasteiger partial charge in [-0.25, -0.2) is 8.42 Å². The first kappa shape index (κ1) is 14.5. The molecule has 1 aliphatic heterocycles. The van der Waals surface area contributed by atoms with E-state index in [2.05, 4.69) is 10.00 Å². The van der Waals surface area contributed by atoms with Crippen LogP contribution in [0.4, 0.5) is 0 Å². The first-order valence-electron chi connectivity index (χ1n) is 6.95. The molecule has 8 nitrogen and oxygen atoms in total. The molecule has 1 saturated carbocycles. The van der Waals surface area contributed by atoms with Crippen molar-refractivity contribution in [3.8, 4) is 0 Å². The highest BCUT2D eigenvalue weighted by Gasteiger charge is 2.35. The van der Waals surface area contributed by atoms with Gasteiger partial charge in [0.1, 0.15) is 11.4 Å². The van der Waals surface area contributed by atoms with Crippen LogP contribution in [-0.2, 0) is 21.4 Å². The lowest BCUT2D eigenvalue weighted by Gasteiger charge is -2.33. The molecule has 0 radical (unpaired) electrons. The summed E-state index contributed by atoms with van der Waals surface area (Å²) in [7, 11) is -3.58. The third-order valence-electron chi connectivity index (χ3n) is 3.88. The van der Waals surface area contributed by atoms with Crippen molar-refractivity contribution < 1.29 is 18.3 Å². The van der Waals surface area contributed by atoms with Gasteiger partial charge in [-0.15, -0.1) is 0 Å². The maximum absolute atomic E-state index is 12.5. The van der Waals surface area contributed by atoms with Gasteiger partial charge >= 0.3 is 5.97 Å². The molecule has 1 aromatic heterocycles. The van der Waals surface area contributed by atoms with Gasteiger partial charge < -0.3 is 5.11 Å². The number of carboxylic acid groups (broad SMARTS) is 1. The van der Waals surface area contributed by atoms with E-state index < -0.39 is 16.0 Å². The van der Waals surface area contributed by atoms with Gasteiger partial charge in [0.2, 0.25) is 10.0 Å². The molecule has 0 spiro atoms. The van der Waals surface area contributed by atoms with Crippen molar-refractivity contribution in [2.45, 2.75) is 30.3 Å². The fourth-order valence-corrected chi connectivity index (χ4v) is 3.98. The van der Waals surface area contributed by atoms with E-state index in [9.17, 15) is 13.2 Å². The lowest BCUT2D eigenvalue weighted by molar-refractivity contribution is -0.137. The number of aromatic nitrogens is 2. The summed E-state index contributed by atoms with van der Waals surface area (Å²) >= 11 is 0. The minimum atomic E-state index is -3.58. The molecule has 2 fully saturated rings. The highest BCUT2D eigenvalue weighted by Crippen LogP contribution is 2.28. The zero-order chi connectivity index (χ0) is 15.0. The van der Waals surface area contributed by atoms with Crippen molar-refractivity contribution in [3.05, 3.63) is 12.4 Å². The first-order valence-corrected chi connectivity index (χ1v) is 8.39. The minimum absolute atomic E-state index is 0.0589. The Labute approximate surface area is 123 Å². The number of hydrogen-bond donors (Lipinski definition) is 1. The Morgan fingerprint density at radius 1 is 1.29 bits per heavy atom. The lowest BCUT2D eigenvalue weighted by atomic mass is 10.3. The molecule has 1 aliphatic carbocycles. The molecule has 1 saturated heterocycles. The quantitative estimate of drug-likeness (QED) is 0.782. The van der Waals surface area contributed by atoms with E-state index in [1.807, 2.05) is 0 Å². The maximum Gasteiger partial charge on any atom is 0.325 e. The van der Waals surface area contributed by atoms with Crippen LogP contribution in [0, 0.1) is 0 Å². The Bertz CT molecular complexity index is 629. The molecule has 0 unspecified atom stereocenters. The summed E-state index contributed by atoms with van der Waals surface area (Å²) < 4.78 is 27.5. The molecular formula is C12H18N4O4S. The summed E-state index contributed by atoms with van der Waals surface area (Å²) in [4.78, 5) is 13.0. The molecule has 1 N–H and O–H groups in total. The molecule has 1 aromatic rings. The van der Waals surface area contributed by atoms with Crippen molar-refractivity contribution in [1.29, 1.82) is 0 Å². The Hall–Kier alpha value is -1.45. The third kappa shape index (κ3) is 3.09. The molecule has 2 heterocycles. The summed E-state index contributed by atoms with van der Waals surface area (Å²) in [5.41, 5.74) is 0. The maximum atomic E-state index is 12.5. The first-order chi connectivity index (χ1) is 9.96. The van der Waals surface area contributed by atoms with Gasteiger partial charge in [0.05, 0.1) is 6.20 Å². The van der Waals surface area contributed by atoms with Crippen LogP contribution in [0.5, 0.6) is 0 Å². The van der Waals surface area contributed by atoms with Crippen LogP contribution >= 0.6 is 0 Å². The molecule has 0 amide bonds. The van der Waals surface area contributed by atoms with Crippen molar-refractivity contribution in [2.75, 3.05) is 26.2 Å². The standard InChI is InChI=1S/C12H18N4O4S/c17-12(18)9-15-8-11(7-13-15)21(19,20)16-5-3-14(4-6-16)10-1-2-10/h7-8,10H,1-6,9H2,(H,17,18). The molecule has 0 bridgehead atoms. The normalized spacial score (nSPS) is 21.5. The van der Waals surface area contributed by atoms with Gasteiger partial charge in [0, 0.05) is 38.4 Å². The molecule has 2 aliphatic rings. The predicted octanol–water partition coefficient (Wildman–Crippen LogP) is -0.564. The number of aliphatic carboxylic acids is 1. The summed E-state index contributed by atoms with van der Waals surface area (Å²) in [6.07, 6.45) is 4.92. The largest absolute Gasteiger partial charge is 0.480 e. The van der Waals surface area contributed by atoms with E-state index in [0.29, 0.717) is 19.1 Å². The van der Waals surface area contributed by atoms with E-state index >= 15 is 0 Å². The zero-order valence-corrected chi connectivity index (χ0v) is 12.4. The van der Waals surface area contributed by atoms with Crippen LogP contribution in [0.3, 0.4) is 0 Å². The Balaban J connectivity index is 1.68. The molecule has 0 atom stereocenters. The number of rotatable bonds is 5. The summed E-state index contributed by atoms with van der Waals surface area (Å²) in [6.45, 7) is 2.12. The van der Waals surface area contributed by atoms with E-state index in [4.69, 9.17) is 5.11 Å². The second kappa shape index (κ2) is 5.39. The SMILES string of the molecule is O=C(O)Cn1cc(S(=O)(=O)N2CCN(C3CC3)CC2)cn1. The monoisotopic (exact) mass is 314 g/mol. The number of nitrogens with zero attached hydrogens (tertiary/aromatic N) is 4. The summed E-state index contributed by atoms with van der Waals surface area (Å²) in [5.74, 6) is -1.06. The number of piperazine rings is 1. The van der Waals surface area contributed by atoms with E-state index in [1.54, 1.807) is 0 Å². The molecular weight excluding hydrogens is 296 g/mol. The average Bonchev–Trinajstić information content (AvgIpc) is 3.18. The highest BCUT2D eigenvalue weighted by molar-refractivity contribution is 7.89. The average molecular weight is 314 g/mol. The highest BCUT2D eigenvalue weighted by atomic mass is 32.2. The molecule has 3 rings (SSSR count). The van der Waals surface area contributed by atoms with Gasteiger partial charge in [-0.2, -0.15) is 9.40 Å². The predicted molar refractivity (Wildman–Crippen MR) is 73.2 cm³/mol. The second-order valence-corrected chi connectivity index (χ2v) is 7.38. The fraction of sp³-hybridized carbons (Fsp3) is 0.667. The summed E-state index contributed by atoms with van der Waals surface area (Å²) in [6, 6.07) is 0.646. The van der Waals surface area contributed by atoms with Crippen LogP contribution in [0.2, 0.25) is 0 Å². The number of carboxylic acids is 1. The van der Waals surface area contributed by atoms with Crippen molar-refractivity contribution in [1.82, 2.24) is 19.0 Å². The Morgan fingerprint density at radius 2 is 1.95 bits per heavy atom. The fourth-order valence-electron chi connectivity index (χ4n) is 2.60. The van der Waals surface area contributed by atoms with Crippen molar-refractivity contribution >= 4 is 16.0 Å². The third-order valence-corrected chi connectivity index (χ3v) is 5.73. The van der Waals surface area contributed by atoms with Crippen LogP contribution < -0.4 is 0 Å². The van der Waals surface area contributed by atoms with Gasteiger partial charge in [-0.1, -0.05) is 0 Å². The van der Waals surface area contributed by atoms with Crippen LogP contribution in [0.1, 0.15) is 12.8 Å². The van der Waals surface area contributed by atoms with Gasteiger partial charge in [0.25, 0.3) is 0 Å². The minimum Gasteiger partial charge on any atom is -0.480 e. The van der Waals surface area contributed by atoms with Crippen molar-refractivity contribution in [2.24, 2.45) is 0 Å². The van der Waals surface area contributed by atoms with E-state index in [-0.39, 0.29) is 11.4 Å². The van der Waals surface area contributed by atoms with Crippen LogP contribution in [-0.4, -0.2) is 70.7 Å². The van der Waals surface area contributed by atoms with Gasteiger partial charge in [-0.3, -0.25) is 14.4 Å². The van der Waals surface area contributed by atoms with E-state index in [1.165, 1.54) is 29.5 Å². The smallest absolute Gasteiger partial charge is 0.325 e. The van der Waals surface area contributed by atoms with Crippen LogP contribution in [0.15, 0.2) is 17.3 Å². The van der Waals surface area contributed by atoms with Crippen LogP contribution in [0.25, 0.3) is 0 Å². The summed E-state index contributed by atoms with van der Waals surface area (Å²) in [5, 5.41) is 12.5. The second-order valence-electron chi connectivity index (χ2n) is 5.44. The molecule has 0 aromatic carbocycles. The number of hydrogen-bond acceptors (Lipinski definition) is 5. The topological polar surface area (TPSA) is 95.7 Å². The Morgan fingerprint density at radius 3 is 2.52 bits per heavy atom.